The first-order valence-corrected chi connectivity index (χ1v) is 8.01. The van der Waals surface area contributed by atoms with Crippen LogP contribution < -0.4 is 5.73 Å². The quantitative estimate of drug-likeness (QED) is 0.701. The monoisotopic (exact) mass is 285 g/mol. The number of hydrogen-bond donors (Lipinski definition) is 1. The van der Waals surface area contributed by atoms with E-state index in [1.165, 1.54) is 23.1 Å². The van der Waals surface area contributed by atoms with Gasteiger partial charge in [-0.2, -0.15) is 0 Å². The van der Waals surface area contributed by atoms with Crippen LogP contribution in [0.15, 0.2) is 36.9 Å². The van der Waals surface area contributed by atoms with Crippen molar-refractivity contribution >= 4 is 11.1 Å². The van der Waals surface area contributed by atoms with E-state index in [-0.39, 0.29) is 6.04 Å². The van der Waals surface area contributed by atoms with Gasteiger partial charge in [0, 0.05) is 6.04 Å². The highest BCUT2D eigenvalue weighted by Gasteiger charge is 2.12. The molecule has 1 rings (SSSR count). The molecule has 0 amide bonds. The highest BCUT2D eigenvalue weighted by Crippen LogP contribution is 2.24. The molecular formula is C20H31N. The van der Waals surface area contributed by atoms with Crippen molar-refractivity contribution in [3.05, 3.63) is 48.0 Å². The lowest BCUT2D eigenvalue weighted by atomic mass is 9.89. The summed E-state index contributed by atoms with van der Waals surface area (Å²) in [4.78, 5) is 0. The van der Waals surface area contributed by atoms with E-state index in [1.807, 2.05) is 6.92 Å². The first kappa shape index (κ1) is 17.7. The maximum absolute atomic E-state index is 6.17. The van der Waals surface area contributed by atoms with Crippen LogP contribution in [-0.4, -0.2) is 6.04 Å². The van der Waals surface area contributed by atoms with Crippen molar-refractivity contribution in [1.29, 1.82) is 0 Å². The smallest absolute Gasteiger partial charge is 0.00736 e. The van der Waals surface area contributed by atoms with E-state index >= 15 is 0 Å². The largest absolute Gasteiger partial charge is 0.327 e. The van der Waals surface area contributed by atoms with Gasteiger partial charge in [0.15, 0.2) is 0 Å². The lowest BCUT2D eigenvalue weighted by Gasteiger charge is -2.19. The summed E-state index contributed by atoms with van der Waals surface area (Å²) in [6, 6.07) is 8.79. The molecular weight excluding hydrogens is 254 g/mol. The van der Waals surface area contributed by atoms with E-state index < -0.39 is 0 Å². The van der Waals surface area contributed by atoms with E-state index in [9.17, 15) is 0 Å². The summed E-state index contributed by atoms with van der Waals surface area (Å²) in [7, 11) is 0. The Labute approximate surface area is 131 Å². The van der Waals surface area contributed by atoms with Crippen molar-refractivity contribution in [2.45, 2.75) is 53.5 Å². The van der Waals surface area contributed by atoms with Crippen molar-refractivity contribution in [3.63, 3.8) is 0 Å². The Balaban J connectivity index is 2.94. The summed E-state index contributed by atoms with van der Waals surface area (Å²) in [5.41, 5.74) is 11.1. The van der Waals surface area contributed by atoms with Crippen molar-refractivity contribution in [3.8, 4) is 0 Å². The third-order valence-corrected chi connectivity index (χ3v) is 4.03. The van der Waals surface area contributed by atoms with Crippen LogP contribution in [-0.2, 0) is 0 Å². The highest BCUT2D eigenvalue weighted by atomic mass is 14.6. The van der Waals surface area contributed by atoms with Crippen LogP contribution in [0, 0.1) is 11.8 Å². The Bertz CT molecular complexity index is 494. The van der Waals surface area contributed by atoms with Crippen LogP contribution in [0.3, 0.4) is 0 Å². The summed E-state index contributed by atoms with van der Waals surface area (Å²) in [6.07, 6.45) is 4.74. The second kappa shape index (κ2) is 8.19. The number of hydrogen-bond acceptors (Lipinski definition) is 1. The topological polar surface area (TPSA) is 26.0 Å². The molecule has 2 N–H and O–H groups in total. The molecule has 0 aliphatic rings. The van der Waals surface area contributed by atoms with Gasteiger partial charge in [0.1, 0.15) is 0 Å². The zero-order chi connectivity index (χ0) is 16.0. The van der Waals surface area contributed by atoms with Gasteiger partial charge >= 0.3 is 0 Å². The van der Waals surface area contributed by atoms with E-state index in [2.05, 4.69) is 64.6 Å². The van der Waals surface area contributed by atoms with Gasteiger partial charge in [-0.25, -0.2) is 0 Å². The molecule has 2 atom stereocenters. The number of rotatable bonds is 7. The molecule has 0 fully saturated rings. The molecule has 0 bridgehead atoms. The van der Waals surface area contributed by atoms with Crippen molar-refractivity contribution in [2.75, 3.05) is 0 Å². The molecule has 0 heterocycles. The molecule has 0 saturated carbocycles. The average molecular weight is 285 g/mol. The minimum absolute atomic E-state index is 0.197. The van der Waals surface area contributed by atoms with Gasteiger partial charge in [-0.3, -0.25) is 0 Å². The molecule has 0 spiro atoms. The summed E-state index contributed by atoms with van der Waals surface area (Å²) in [6.45, 7) is 14.9. The molecule has 1 aromatic carbocycles. The summed E-state index contributed by atoms with van der Waals surface area (Å²) in [5, 5.41) is 0. The van der Waals surface area contributed by atoms with E-state index in [1.54, 1.807) is 0 Å². The van der Waals surface area contributed by atoms with Crippen LogP contribution in [0.5, 0.6) is 0 Å². The molecule has 2 unspecified atom stereocenters. The second-order valence-corrected chi connectivity index (χ2v) is 6.70. The lowest BCUT2D eigenvalue weighted by Crippen LogP contribution is -2.25. The molecule has 0 aliphatic heterocycles. The Kier molecular flexibility index (Phi) is 6.91. The summed E-state index contributed by atoms with van der Waals surface area (Å²) < 4.78 is 0. The van der Waals surface area contributed by atoms with Gasteiger partial charge in [-0.15, -0.1) is 0 Å². The third kappa shape index (κ3) is 5.89. The Morgan fingerprint density at radius 2 is 1.76 bits per heavy atom. The van der Waals surface area contributed by atoms with Crippen molar-refractivity contribution in [2.24, 2.45) is 17.6 Å². The van der Waals surface area contributed by atoms with E-state index in [0.29, 0.717) is 5.92 Å². The fourth-order valence-corrected chi connectivity index (χ4v) is 2.47. The van der Waals surface area contributed by atoms with Crippen LogP contribution in [0.1, 0.15) is 58.6 Å². The minimum atomic E-state index is 0.197. The molecule has 1 nitrogen and oxygen atoms in total. The minimum Gasteiger partial charge on any atom is -0.327 e. The van der Waals surface area contributed by atoms with Gasteiger partial charge < -0.3 is 5.73 Å². The molecule has 0 aromatic heterocycles. The molecule has 0 aliphatic carbocycles. The predicted molar refractivity (Wildman–Crippen MR) is 96.0 cm³/mol. The van der Waals surface area contributed by atoms with Gasteiger partial charge in [0.2, 0.25) is 0 Å². The van der Waals surface area contributed by atoms with Crippen LogP contribution in [0.4, 0.5) is 0 Å². The Morgan fingerprint density at radius 1 is 1.14 bits per heavy atom. The predicted octanol–water partition coefficient (Wildman–Crippen LogP) is 5.52. The molecule has 116 valence electrons. The first-order valence-electron chi connectivity index (χ1n) is 8.01. The second-order valence-electron chi connectivity index (χ2n) is 6.70. The fourth-order valence-electron chi connectivity index (χ4n) is 2.47. The van der Waals surface area contributed by atoms with E-state index in [4.69, 9.17) is 5.73 Å². The van der Waals surface area contributed by atoms with Gasteiger partial charge in [0.05, 0.1) is 0 Å². The fraction of sp³-hybridized carbons (Fsp3) is 0.500. The van der Waals surface area contributed by atoms with Crippen LogP contribution in [0.25, 0.3) is 11.1 Å². The maximum atomic E-state index is 6.17. The first-order chi connectivity index (χ1) is 9.81. The molecule has 1 heteroatoms. The number of nitrogens with two attached hydrogens (primary N) is 1. The number of benzene rings is 1. The zero-order valence-electron chi connectivity index (χ0n) is 14.3. The highest BCUT2D eigenvalue weighted by molar-refractivity contribution is 5.70. The maximum Gasteiger partial charge on any atom is 0.00736 e. The average Bonchev–Trinajstić information content (AvgIpc) is 2.42. The van der Waals surface area contributed by atoms with E-state index in [0.717, 1.165) is 17.9 Å². The normalized spacial score (nSPS) is 15.1. The number of allylic oxidation sites excluding steroid dienone is 2. The van der Waals surface area contributed by atoms with Crippen LogP contribution in [0.2, 0.25) is 0 Å². The third-order valence-electron chi connectivity index (χ3n) is 4.03. The molecule has 21 heavy (non-hydrogen) atoms. The Morgan fingerprint density at radius 3 is 2.29 bits per heavy atom. The van der Waals surface area contributed by atoms with Gasteiger partial charge in [0.25, 0.3) is 0 Å². The molecule has 1 aromatic rings. The van der Waals surface area contributed by atoms with Crippen molar-refractivity contribution in [1.82, 2.24) is 0 Å². The van der Waals surface area contributed by atoms with Crippen molar-refractivity contribution < 1.29 is 0 Å². The van der Waals surface area contributed by atoms with Gasteiger partial charge in [-0.05, 0) is 61.8 Å². The Hall–Kier alpha value is -1.34. The SMILES string of the molecule is C=C(C)c1cccc(/C(C)=C/C(CCC(C)C)C(C)N)c1. The summed E-state index contributed by atoms with van der Waals surface area (Å²) >= 11 is 0. The lowest BCUT2D eigenvalue weighted by molar-refractivity contribution is 0.436. The summed E-state index contributed by atoms with van der Waals surface area (Å²) in [5.74, 6) is 1.17. The molecule has 0 saturated heterocycles. The molecule has 0 radical (unpaired) electrons. The van der Waals surface area contributed by atoms with Gasteiger partial charge in [-0.1, -0.05) is 56.7 Å². The standard InChI is InChI=1S/C20H31N/c1-14(2)10-11-20(17(6)21)12-16(5)19-9-7-8-18(13-19)15(3)4/h7-9,12-14,17,20H,3,10-11,21H2,1-2,4-6H3/b16-12+. The van der Waals surface area contributed by atoms with Crippen LogP contribution >= 0.6 is 0 Å². The zero-order valence-corrected chi connectivity index (χ0v) is 14.3.